The molecule has 1 fully saturated rings. The van der Waals surface area contributed by atoms with Gasteiger partial charge in [0.05, 0.1) is 13.2 Å². The van der Waals surface area contributed by atoms with Crippen LogP contribution >= 0.6 is 0 Å². The molecule has 1 rings (SSSR count). The molecule has 0 spiro atoms. The maximum absolute atomic E-state index is 6.58. The Morgan fingerprint density at radius 1 is 1.06 bits per heavy atom. The van der Waals surface area contributed by atoms with E-state index in [9.17, 15) is 0 Å². The highest BCUT2D eigenvalue weighted by Gasteiger charge is 2.54. The summed E-state index contributed by atoms with van der Waals surface area (Å²) in [5.74, 6) is 0. The van der Waals surface area contributed by atoms with Gasteiger partial charge in [0.25, 0.3) is 0 Å². The normalized spacial score (nSPS) is 26.6. The minimum absolute atomic E-state index is 0.160. The second-order valence-electron chi connectivity index (χ2n) is 6.65. The van der Waals surface area contributed by atoms with Gasteiger partial charge >= 0.3 is 0 Å². The Balaban J connectivity index is 2.92. The van der Waals surface area contributed by atoms with Gasteiger partial charge in [0, 0.05) is 0 Å². The molecule has 1 aliphatic rings. The number of hydrogen-bond acceptors (Lipinski definition) is 1. The lowest BCUT2D eigenvalue weighted by molar-refractivity contribution is 0.0927. The van der Waals surface area contributed by atoms with E-state index in [4.69, 9.17) is 4.43 Å². The van der Waals surface area contributed by atoms with Gasteiger partial charge in [0.1, 0.15) is 0 Å². The molecule has 0 aromatic heterocycles. The molecular formula is C13H30OSi2. The highest BCUT2D eigenvalue weighted by Crippen LogP contribution is 2.44. The van der Waals surface area contributed by atoms with E-state index >= 15 is 0 Å². The second kappa shape index (κ2) is 4.95. The second-order valence-corrected chi connectivity index (χ2v) is 20.7. The van der Waals surface area contributed by atoms with Crippen molar-refractivity contribution in [1.29, 1.82) is 0 Å². The summed E-state index contributed by atoms with van der Waals surface area (Å²) in [5.41, 5.74) is 0.160. The van der Waals surface area contributed by atoms with Crippen LogP contribution in [0.2, 0.25) is 31.2 Å². The summed E-state index contributed by atoms with van der Waals surface area (Å²) in [6.45, 7) is 14.3. The highest BCUT2D eigenvalue weighted by atomic mass is 29.3. The van der Waals surface area contributed by atoms with E-state index in [1.54, 1.807) is 0 Å². The molecular weight excluding hydrogens is 228 g/mol. The van der Waals surface area contributed by atoms with Crippen LogP contribution in [0.15, 0.2) is 0 Å². The van der Waals surface area contributed by atoms with Crippen LogP contribution in [0.1, 0.15) is 47.0 Å². The van der Waals surface area contributed by atoms with Gasteiger partial charge in [-0.15, -0.1) is 0 Å². The first-order valence-corrected chi connectivity index (χ1v) is 13.5. The van der Waals surface area contributed by atoms with Crippen molar-refractivity contribution in [3.63, 3.8) is 0 Å². The Kier molecular flexibility index (Phi) is 4.47. The monoisotopic (exact) mass is 258 g/mol. The first-order valence-electron chi connectivity index (χ1n) is 6.99. The third kappa shape index (κ3) is 2.80. The van der Waals surface area contributed by atoms with Crippen molar-refractivity contribution in [3.8, 4) is 0 Å². The smallest absolute Gasteiger partial charge is 0.175 e. The molecule has 1 aliphatic heterocycles. The first kappa shape index (κ1) is 14.5. The molecule has 16 heavy (non-hydrogen) atoms. The summed E-state index contributed by atoms with van der Waals surface area (Å²) >= 11 is 0. The molecule has 0 aromatic carbocycles. The average molecular weight is 259 g/mol. The minimum Gasteiger partial charge on any atom is -0.415 e. The Morgan fingerprint density at radius 2 is 1.56 bits per heavy atom. The van der Waals surface area contributed by atoms with Gasteiger partial charge < -0.3 is 4.43 Å². The van der Waals surface area contributed by atoms with Crippen molar-refractivity contribution in [2.75, 3.05) is 0 Å². The fraction of sp³-hybridized carbons (Fsp3) is 1.00. The molecule has 1 saturated heterocycles. The summed E-state index contributed by atoms with van der Waals surface area (Å²) in [6.07, 6.45) is 4.04. The summed E-state index contributed by atoms with van der Waals surface area (Å²) in [6, 6.07) is 4.55. The molecule has 0 unspecified atom stereocenters. The molecule has 0 saturated carbocycles. The molecule has 0 amide bonds. The molecule has 0 bridgehead atoms. The third-order valence-corrected chi connectivity index (χ3v) is 22.4. The van der Waals surface area contributed by atoms with E-state index in [2.05, 4.69) is 40.8 Å². The van der Waals surface area contributed by atoms with E-state index < -0.39 is 15.4 Å². The maximum Gasteiger partial charge on any atom is 0.175 e. The van der Waals surface area contributed by atoms with Crippen molar-refractivity contribution >= 4 is 15.4 Å². The lowest BCUT2D eigenvalue weighted by atomic mass is 10.1. The van der Waals surface area contributed by atoms with Crippen LogP contribution < -0.4 is 0 Å². The van der Waals surface area contributed by atoms with Gasteiger partial charge in [-0.05, 0) is 33.4 Å². The lowest BCUT2D eigenvalue weighted by Gasteiger charge is -2.53. The summed E-state index contributed by atoms with van der Waals surface area (Å²) in [4.78, 5) is 0. The average Bonchev–Trinajstić information content (AvgIpc) is 2.11. The van der Waals surface area contributed by atoms with Crippen LogP contribution in [0.3, 0.4) is 0 Å². The molecule has 0 radical (unpaired) electrons. The minimum atomic E-state index is -1.41. The van der Waals surface area contributed by atoms with Gasteiger partial charge in [-0.25, -0.2) is 0 Å². The molecule has 1 nitrogen and oxygen atoms in total. The van der Waals surface area contributed by atoms with E-state index in [1.807, 2.05) is 0 Å². The molecule has 0 N–H and O–H groups in total. The standard InChI is InChI=1S/C13H30OSi2/c1-7-10-16(11-8-2)12-9-13(3,4)14-15(16,5)6/h7-12H2,1-6H3. The number of hydrogen-bond donors (Lipinski definition) is 0. The fourth-order valence-corrected chi connectivity index (χ4v) is 19.6. The van der Waals surface area contributed by atoms with Crippen LogP contribution in [-0.4, -0.2) is 21.0 Å². The van der Waals surface area contributed by atoms with Crippen molar-refractivity contribution in [2.45, 2.75) is 83.8 Å². The molecule has 1 heterocycles. The fourth-order valence-electron chi connectivity index (χ4n) is 3.63. The lowest BCUT2D eigenvalue weighted by Crippen LogP contribution is -2.67. The third-order valence-electron chi connectivity index (χ3n) is 4.47. The Hall–Kier alpha value is 0.394. The van der Waals surface area contributed by atoms with E-state index in [0.717, 1.165) is 0 Å². The van der Waals surface area contributed by atoms with Crippen molar-refractivity contribution in [2.24, 2.45) is 0 Å². The zero-order chi connectivity index (χ0) is 12.4. The quantitative estimate of drug-likeness (QED) is 0.662. The Bertz CT molecular complexity index is 230. The van der Waals surface area contributed by atoms with E-state index in [-0.39, 0.29) is 5.60 Å². The molecule has 0 aromatic rings. The predicted octanol–water partition coefficient (Wildman–Crippen LogP) is 4.74. The van der Waals surface area contributed by atoms with Gasteiger partial charge in [0.15, 0.2) is 7.83 Å². The zero-order valence-electron chi connectivity index (χ0n) is 12.2. The van der Waals surface area contributed by atoms with Crippen LogP contribution in [0.4, 0.5) is 0 Å². The largest absolute Gasteiger partial charge is 0.415 e. The van der Waals surface area contributed by atoms with Gasteiger partial charge in [-0.2, -0.15) is 0 Å². The highest BCUT2D eigenvalue weighted by molar-refractivity contribution is 7.39. The van der Waals surface area contributed by atoms with Crippen LogP contribution in [-0.2, 0) is 4.43 Å². The van der Waals surface area contributed by atoms with Gasteiger partial charge in [0.2, 0.25) is 0 Å². The van der Waals surface area contributed by atoms with Crippen LogP contribution in [0.25, 0.3) is 0 Å². The zero-order valence-corrected chi connectivity index (χ0v) is 14.2. The Morgan fingerprint density at radius 3 is 1.94 bits per heavy atom. The SMILES string of the molecule is CCC[Si]1(CCC)CCC(C)(C)O[Si]1(C)C. The molecule has 0 aliphatic carbocycles. The summed E-state index contributed by atoms with van der Waals surface area (Å²) < 4.78 is 6.58. The first-order chi connectivity index (χ1) is 7.29. The van der Waals surface area contributed by atoms with Crippen molar-refractivity contribution in [1.82, 2.24) is 0 Å². The predicted molar refractivity (Wildman–Crippen MR) is 78.0 cm³/mol. The molecule has 3 heteroatoms. The topological polar surface area (TPSA) is 9.23 Å². The number of rotatable bonds is 4. The van der Waals surface area contributed by atoms with Crippen molar-refractivity contribution < 1.29 is 4.43 Å². The van der Waals surface area contributed by atoms with Crippen LogP contribution in [0, 0.1) is 0 Å². The summed E-state index contributed by atoms with van der Waals surface area (Å²) in [5, 5.41) is 0. The van der Waals surface area contributed by atoms with Crippen molar-refractivity contribution in [3.05, 3.63) is 0 Å². The summed E-state index contributed by atoms with van der Waals surface area (Å²) in [7, 11) is -2.49. The molecule has 96 valence electrons. The molecule has 0 atom stereocenters. The van der Waals surface area contributed by atoms with Gasteiger partial charge in [-0.3, -0.25) is 0 Å². The van der Waals surface area contributed by atoms with Gasteiger partial charge in [-0.1, -0.05) is 44.8 Å². The van der Waals surface area contributed by atoms with Crippen LogP contribution in [0.5, 0.6) is 0 Å². The van der Waals surface area contributed by atoms with E-state index in [0.29, 0.717) is 0 Å². The Labute approximate surface area is 104 Å². The maximum atomic E-state index is 6.58. The van der Waals surface area contributed by atoms with E-state index in [1.165, 1.54) is 37.4 Å².